The Morgan fingerprint density at radius 2 is 2.06 bits per heavy atom. The SMILES string of the molecule is O=C(CNc1ccc(F)c([N+](=O)[O-])c1)N1N=C(c2cc3ccccc3o2)CC1c1ccco1. The second kappa shape index (κ2) is 8.23. The zero-order chi connectivity index (χ0) is 22.9. The highest BCUT2D eigenvalue weighted by molar-refractivity contribution is 6.03. The number of hydrazone groups is 1. The van der Waals surface area contributed by atoms with Crippen molar-refractivity contribution in [2.75, 3.05) is 11.9 Å². The molecule has 9 nitrogen and oxygen atoms in total. The van der Waals surface area contributed by atoms with E-state index in [0.717, 1.165) is 17.5 Å². The van der Waals surface area contributed by atoms with Crippen LogP contribution in [0.2, 0.25) is 0 Å². The quantitative estimate of drug-likeness (QED) is 0.333. The third-order valence-corrected chi connectivity index (χ3v) is 5.33. The summed E-state index contributed by atoms with van der Waals surface area (Å²) in [5.74, 6) is -0.218. The summed E-state index contributed by atoms with van der Waals surface area (Å²) in [7, 11) is 0. The molecule has 0 aliphatic carbocycles. The van der Waals surface area contributed by atoms with Gasteiger partial charge in [0.1, 0.15) is 23.1 Å². The van der Waals surface area contributed by atoms with Gasteiger partial charge in [-0.2, -0.15) is 9.49 Å². The maximum absolute atomic E-state index is 13.6. The van der Waals surface area contributed by atoms with Crippen LogP contribution in [0.4, 0.5) is 15.8 Å². The molecule has 1 unspecified atom stereocenters. The monoisotopic (exact) mass is 448 g/mol. The maximum Gasteiger partial charge on any atom is 0.306 e. The van der Waals surface area contributed by atoms with Crippen molar-refractivity contribution >= 4 is 34.0 Å². The zero-order valence-corrected chi connectivity index (χ0v) is 17.1. The number of nitrogens with zero attached hydrogens (tertiary/aromatic N) is 3. The molecule has 1 amide bonds. The Balaban J connectivity index is 1.39. The van der Waals surface area contributed by atoms with Gasteiger partial charge in [0.25, 0.3) is 5.91 Å². The third kappa shape index (κ3) is 3.93. The predicted octanol–water partition coefficient (Wildman–Crippen LogP) is 4.86. The first-order valence-electron chi connectivity index (χ1n) is 10.1. The first-order valence-corrected chi connectivity index (χ1v) is 10.1. The molecule has 5 rings (SSSR count). The van der Waals surface area contributed by atoms with Crippen molar-refractivity contribution in [3.8, 4) is 0 Å². The van der Waals surface area contributed by atoms with Gasteiger partial charge in [0, 0.05) is 23.6 Å². The summed E-state index contributed by atoms with van der Waals surface area (Å²) in [6.07, 6.45) is 1.91. The Bertz CT molecular complexity index is 1350. The molecule has 0 fully saturated rings. The molecule has 1 aliphatic rings. The fourth-order valence-corrected chi connectivity index (χ4v) is 3.74. The fourth-order valence-electron chi connectivity index (χ4n) is 3.74. The van der Waals surface area contributed by atoms with Crippen molar-refractivity contribution in [2.24, 2.45) is 5.10 Å². The Morgan fingerprint density at radius 3 is 2.82 bits per heavy atom. The molecule has 0 bridgehead atoms. The second-order valence-corrected chi connectivity index (χ2v) is 7.45. The lowest BCUT2D eigenvalue weighted by Crippen LogP contribution is -2.32. The largest absolute Gasteiger partial charge is 0.467 e. The molecular formula is C23H17FN4O5. The van der Waals surface area contributed by atoms with Crippen molar-refractivity contribution in [3.05, 3.63) is 94.4 Å². The van der Waals surface area contributed by atoms with E-state index in [9.17, 15) is 19.3 Å². The molecule has 3 heterocycles. The lowest BCUT2D eigenvalue weighted by molar-refractivity contribution is -0.387. The van der Waals surface area contributed by atoms with Gasteiger partial charge in [0.05, 0.1) is 17.7 Å². The number of amides is 1. The smallest absolute Gasteiger partial charge is 0.306 e. The van der Waals surface area contributed by atoms with Crippen molar-refractivity contribution in [3.63, 3.8) is 0 Å². The summed E-state index contributed by atoms with van der Waals surface area (Å²) >= 11 is 0. The van der Waals surface area contributed by atoms with Crippen LogP contribution in [0.25, 0.3) is 11.0 Å². The molecule has 2 aromatic heterocycles. The number of para-hydroxylation sites is 1. The molecule has 166 valence electrons. The highest BCUT2D eigenvalue weighted by Gasteiger charge is 2.35. The average molecular weight is 448 g/mol. The Kier molecular flexibility index (Phi) is 5.09. The van der Waals surface area contributed by atoms with Gasteiger partial charge in [0.15, 0.2) is 5.76 Å². The number of nitro benzene ring substituents is 1. The predicted molar refractivity (Wildman–Crippen MR) is 117 cm³/mol. The van der Waals surface area contributed by atoms with Crippen LogP contribution in [-0.4, -0.2) is 28.1 Å². The van der Waals surface area contributed by atoms with E-state index in [-0.39, 0.29) is 12.2 Å². The van der Waals surface area contributed by atoms with E-state index in [2.05, 4.69) is 10.4 Å². The third-order valence-electron chi connectivity index (χ3n) is 5.33. The number of nitrogens with one attached hydrogen (secondary N) is 1. The number of hydrogen-bond acceptors (Lipinski definition) is 7. The minimum absolute atomic E-state index is 0.211. The summed E-state index contributed by atoms with van der Waals surface area (Å²) in [4.78, 5) is 23.2. The molecule has 0 spiro atoms. The molecule has 1 aliphatic heterocycles. The van der Waals surface area contributed by atoms with E-state index >= 15 is 0 Å². The number of fused-ring (bicyclic) bond motifs is 1. The highest BCUT2D eigenvalue weighted by atomic mass is 19.1. The van der Waals surface area contributed by atoms with Gasteiger partial charge in [0.2, 0.25) is 5.82 Å². The standard InChI is InChI=1S/C23H17FN4O5/c24-16-8-7-15(11-18(16)28(30)31)25-13-23(29)27-19(21-6-3-9-32-21)12-17(26-27)22-10-14-4-1-2-5-20(14)33-22/h1-11,19,25H,12-13H2. The molecule has 10 heteroatoms. The normalized spacial score (nSPS) is 15.6. The average Bonchev–Trinajstić information content (AvgIpc) is 3.56. The Morgan fingerprint density at radius 1 is 1.21 bits per heavy atom. The molecule has 0 radical (unpaired) electrons. The summed E-state index contributed by atoms with van der Waals surface area (Å²) < 4.78 is 25.0. The molecule has 4 aromatic rings. The maximum atomic E-state index is 13.6. The van der Waals surface area contributed by atoms with Crippen molar-refractivity contribution < 1.29 is 22.9 Å². The number of furan rings is 2. The summed E-state index contributed by atoms with van der Waals surface area (Å²) in [6, 6.07) is 15.8. The number of hydrogen-bond donors (Lipinski definition) is 1. The lowest BCUT2D eigenvalue weighted by Gasteiger charge is -2.20. The molecule has 33 heavy (non-hydrogen) atoms. The van der Waals surface area contributed by atoms with E-state index in [1.807, 2.05) is 30.3 Å². The first kappa shape index (κ1) is 20.4. The molecule has 0 saturated carbocycles. The fraction of sp³-hybridized carbons (Fsp3) is 0.130. The van der Waals surface area contributed by atoms with Gasteiger partial charge in [-0.3, -0.25) is 14.9 Å². The minimum Gasteiger partial charge on any atom is -0.467 e. The Labute approximate surface area is 186 Å². The number of anilines is 1. The van der Waals surface area contributed by atoms with E-state index in [1.54, 1.807) is 12.1 Å². The molecular weight excluding hydrogens is 431 g/mol. The summed E-state index contributed by atoms with van der Waals surface area (Å²) in [5.41, 5.74) is 0.881. The molecule has 2 aromatic carbocycles. The molecule has 1 N–H and O–H groups in total. The number of halogens is 1. The van der Waals surface area contributed by atoms with Crippen LogP contribution in [-0.2, 0) is 4.79 Å². The molecule has 0 saturated heterocycles. The van der Waals surface area contributed by atoms with E-state index in [0.29, 0.717) is 29.2 Å². The number of carbonyl (C=O) groups is 1. The number of nitro groups is 1. The van der Waals surface area contributed by atoms with E-state index < -0.39 is 28.4 Å². The van der Waals surface area contributed by atoms with Crippen LogP contribution in [0.3, 0.4) is 0 Å². The molecule has 1 atom stereocenters. The van der Waals surface area contributed by atoms with Gasteiger partial charge < -0.3 is 14.2 Å². The van der Waals surface area contributed by atoms with Gasteiger partial charge in [-0.1, -0.05) is 18.2 Å². The van der Waals surface area contributed by atoms with Crippen molar-refractivity contribution in [1.29, 1.82) is 0 Å². The van der Waals surface area contributed by atoms with Gasteiger partial charge in [-0.05, 0) is 36.4 Å². The van der Waals surface area contributed by atoms with Crippen LogP contribution in [0.15, 0.2) is 80.9 Å². The van der Waals surface area contributed by atoms with E-state index in [4.69, 9.17) is 8.83 Å². The summed E-state index contributed by atoms with van der Waals surface area (Å²) in [5, 5.41) is 20.5. The van der Waals surface area contributed by atoms with Crippen molar-refractivity contribution in [2.45, 2.75) is 12.5 Å². The topological polar surface area (TPSA) is 114 Å². The first-order chi connectivity index (χ1) is 16.0. The number of carbonyl (C=O) groups excluding carboxylic acids is 1. The van der Waals surface area contributed by atoms with Gasteiger partial charge >= 0.3 is 5.69 Å². The van der Waals surface area contributed by atoms with Crippen LogP contribution in [0.5, 0.6) is 0 Å². The lowest BCUT2D eigenvalue weighted by atomic mass is 10.1. The minimum atomic E-state index is -0.950. The second-order valence-electron chi connectivity index (χ2n) is 7.45. The Hall–Kier alpha value is -4.47. The zero-order valence-electron chi connectivity index (χ0n) is 17.1. The van der Waals surface area contributed by atoms with Crippen molar-refractivity contribution in [1.82, 2.24) is 5.01 Å². The van der Waals surface area contributed by atoms with Gasteiger partial charge in [-0.25, -0.2) is 5.01 Å². The highest BCUT2D eigenvalue weighted by Crippen LogP contribution is 2.34. The van der Waals surface area contributed by atoms with Crippen LogP contribution < -0.4 is 5.32 Å². The van der Waals surface area contributed by atoms with Crippen LogP contribution >= 0.6 is 0 Å². The summed E-state index contributed by atoms with van der Waals surface area (Å²) in [6.45, 7) is -0.211. The number of rotatable bonds is 6. The number of benzene rings is 2. The van der Waals surface area contributed by atoms with E-state index in [1.165, 1.54) is 17.3 Å². The van der Waals surface area contributed by atoms with Gasteiger partial charge in [-0.15, -0.1) is 0 Å². The van der Waals surface area contributed by atoms with Crippen LogP contribution in [0.1, 0.15) is 24.0 Å². The van der Waals surface area contributed by atoms with Crippen LogP contribution in [0, 0.1) is 15.9 Å².